The first-order chi connectivity index (χ1) is 11.3. The summed E-state index contributed by atoms with van der Waals surface area (Å²) in [6.07, 6.45) is 2.75. The third kappa shape index (κ3) is 6.11. The molecule has 0 saturated carbocycles. The Morgan fingerprint density at radius 2 is 1.88 bits per heavy atom. The van der Waals surface area contributed by atoms with E-state index in [1.807, 2.05) is 27.7 Å². The second-order valence-corrected chi connectivity index (χ2v) is 7.05. The summed E-state index contributed by atoms with van der Waals surface area (Å²) in [5.41, 5.74) is 0. The van der Waals surface area contributed by atoms with Gasteiger partial charge in [-0.2, -0.15) is 0 Å². The number of rotatable bonds is 9. The summed E-state index contributed by atoms with van der Waals surface area (Å²) in [6, 6.07) is -1.93. The summed E-state index contributed by atoms with van der Waals surface area (Å²) < 4.78 is 0. The Morgan fingerprint density at radius 1 is 1.21 bits per heavy atom. The summed E-state index contributed by atoms with van der Waals surface area (Å²) in [7, 11) is 0. The van der Waals surface area contributed by atoms with Crippen LogP contribution < -0.4 is 16.0 Å². The van der Waals surface area contributed by atoms with Crippen LogP contribution in [-0.2, 0) is 14.4 Å². The molecule has 4 N–H and O–H groups in total. The highest BCUT2D eigenvalue weighted by atomic mass is 16.4. The first-order valence-corrected chi connectivity index (χ1v) is 8.83. The lowest BCUT2D eigenvalue weighted by Gasteiger charge is -2.27. The van der Waals surface area contributed by atoms with Crippen LogP contribution in [0.3, 0.4) is 0 Å². The van der Waals surface area contributed by atoms with Gasteiger partial charge in [-0.1, -0.05) is 34.1 Å². The van der Waals surface area contributed by atoms with Crippen LogP contribution in [0.4, 0.5) is 0 Å². The van der Waals surface area contributed by atoms with E-state index >= 15 is 0 Å². The monoisotopic (exact) mass is 341 g/mol. The highest BCUT2D eigenvalue weighted by Gasteiger charge is 2.32. The molecule has 0 aromatic rings. The minimum Gasteiger partial charge on any atom is -0.480 e. The van der Waals surface area contributed by atoms with Crippen molar-refractivity contribution in [2.75, 3.05) is 6.54 Å². The molecule has 7 heteroatoms. The molecule has 1 aliphatic rings. The second kappa shape index (κ2) is 9.61. The molecule has 138 valence electrons. The topological polar surface area (TPSA) is 108 Å². The number of carboxylic acids is 1. The molecule has 1 saturated heterocycles. The largest absolute Gasteiger partial charge is 0.480 e. The molecule has 1 rings (SSSR count). The Hall–Kier alpha value is -1.63. The van der Waals surface area contributed by atoms with Crippen molar-refractivity contribution in [3.63, 3.8) is 0 Å². The fourth-order valence-corrected chi connectivity index (χ4v) is 2.82. The van der Waals surface area contributed by atoms with Gasteiger partial charge < -0.3 is 21.1 Å². The third-order valence-electron chi connectivity index (χ3n) is 4.49. The van der Waals surface area contributed by atoms with Crippen molar-refractivity contribution >= 4 is 17.8 Å². The van der Waals surface area contributed by atoms with E-state index in [2.05, 4.69) is 16.0 Å². The number of carbonyl (C=O) groups is 3. The molecule has 1 heterocycles. The molecule has 0 bridgehead atoms. The van der Waals surface area contributed by atoms with E-state index < -0.39 is 24.0 Å². The van der Waals surface area contributed by atoms with Crippen LogP contribution in [0.1, 0.15) is 53.4 Å². The maximum Gasteiger partial charge on any atom is 0.326 e. The maximum absolute atomic E-state index is 12.6. The maximum atomic E-state index is 12.6. The molecule has 7 nitrogen and oxygen atoms in total. The van der Waals surface area contributed by atoms with Crippen molar-refractivity contribution in [1.29, 1.82) is 0 Å². The summed E-state index contributed by atoms with van der Waals surface area (Å²) in [4.78, 5) is 36.2. The summed E-state index contributed by atoms with van der Waals surface area (Å²) in [5.74, 6) is -1.61. The zero-order valence-corrected chi connectivity index (χ0v) is 15.1. The van der Waals surface area contributed by atoms with Crippen molar-refractivity contribution in [1.82, 2.24) is 16.0 Å². The summed E-state index contributed by atoms with van der Waals surface area (Å²) in [5, 5.41) is 17.8. The van der Waals surface area contributed by atoms with E-state index in [-0.39, 0.29) is 23.8 Å². The van der Waals surface area contributed by atoms with Crippen LogP contribution in [0.15, 0.2) is 0 Å². The quantitative estimate of drug-likeness (QED) is 0.498. The average molecular weight is 341 g/mol. The Kier molecular flexibility index (Phi) is 8.18. The van der Waals surface area contributed by atoms with E-state index in [4.69, 9.17) is 0 Å². The normalized spacial score (nSPS) is 21.1. The number of nitrogens with one attached hydrogen (secondary N) is 3. The Balaban J connectivity index is 2.76. The fourth-order valence-electron chi connectivity index (χ4n) is 2.82. The minimum atomic E-state index is -1.05. The molecule has 24 heavy (non-hydrogen) atoms. The molecule has 0 aromatic heterocycles. The van der Waals surface area contributed by atoms with Crippen LogP contribution in [-0.4, -0.2) is 47.6 Å². The third-order valence-corrected chi connectivity index (χ3v) is 4.49. The minimum absolute atomic E-state index is 0.0798. The van der Waals surface area contributed by atoms with Gasteiger partial charge in [-0.15, -0.1) is 0 Å². The lowest BCUT2D eigenvalue weighted by Crippen LogP contribution is -2.56. The molecule has 4 atom stereocenters. The summed E-state index contributed by atoms with van der Waals surface area (Å²) >= 11 is 0. The average Bonchev–Trinajstić information content (AvgIpc) is 3.04. The predicted molar refractivity (Wildman–Crippen MR) is 91.4 cm³/mol. The van der Waals surface area contributed by atoms with Crippen molar-refractivity contribution in [3.8, 4) is 0 Å². The molecule has 1 fully saturated rings. The molecular weight excluding hydrogens is 310 g/mol. The number of aliphatic carboxylic acids is 1. The first kappa shape index (κ1) is 20.4. The number of hydrogen-bond donors (Lipinski definition) is 4. The van der Waals surface area contributed by atoms with Crippen LogP contribution in [0.5, 0.6) is 0 Å². The van der Waals surface area contributed by atoms with E-state index in [1.165, 1.54) is 0 Å². The molecular formula is C17H31N3O4. The van der Waals surface area contributed by atoms with Crippen molar-refractivity contribution in [2.45, 2.75) is 71.5 Å². The van der Waals surface area contributed by atoms with Gasteiger partial charge in [0, 0.05) is 0 Å². The standard InChI is InChI=1S/C17H31N3O4/c1-5-11(4)14(20-15(21)12-7-6-8-18-12)16(22)19-13(17(23)24)9-10(2)3/h10-14,18H,5-9H2,1-4H3,(H,19,22)(H,20,21)(H,23,24). The highest BCUT2D eigenvalue weighted by molar-refractivity contribution is 5.92. The van der Waals surface area contributed by atoms with Crippen LogP contribution in [0, 0.1) is 11.8 Å². The fraction of sp³-hybridized carbons (Fsp3) is 0.824. The molecule has 4 unspecified atom stereocenters. The van der Waals surface area contributed by atoms with Gasteiger partial charge in [-0.25, -0.2) is 4.79 Å². The molecule has 0 aromatic carbocycles. The summed E-state index contributed by atoms with van der Waals surface area (Å²) in [6.45, 7) is 8.43. The van der Waals surface area contributed by atoms with Crippen molar-refractivity contribution in [3.05, 3.63) is 0 Å². The van der Waals surface area contributed by atoms with Crippen molar-refractivity contribution < 1.29 is 19.5 Å². The van der Waals surface area contributed by atoms with Gasteiger partial charge in [0.05, 0.1) is 6.04 Å². The SMILES string of the molecule is CCC(C)C(NC(=O)C1CCCN1)C(=O)NC(CC(C)C)C(=O)O. The van der Waals surface area contributed by atoms with Gasteiger partial charge >= 0.3 is 5.97 Å². The lowest BCUT2D eigenvalue weighted by atomic mass is 9.96. The molecule has 1 aliphatic heterocycles. The van der Waals surface area contributed by atoms with Gasteiger partial charge in [0.15, 0.2) is 0 Å². The van der Waals surface area contributed by atoms with Crippen LogP contribution >= 0.6 is 0 Å². The van der Waals surface area contributed by atoms with Gasteiger partial charge in [-0.05, 0) is 37.6 Å². The van der Waals surface area contributed by atoms with Gasteiger partial charge in [0.2, 0.25) is 11.8 Å². The van der Waals surface area contributed by atoms with E-state index in [0.29, 0.717) is 12.8 Å². The number of hydrogen-bond acceptors (Lipinski definition) is 4. The van der Waals surface area contributed by atoms with Gasteiger partial charge in [0.1, 0.15) is 12.1 Å². The Bertz CT molecular complexity index is 447. The molecule has 2 amide bonds. The number of carbonyl (C=O) groups excluding carboxylic acids is 2. The Labute approximate surface area is 144 Å². The predicted octanol–water partition coefficient (Wildman–Crippen LogP) is 0.885. The first-order valence-electron chi connectivity index (χ1n) is 8.83. The number of carboxylic acid groups (broad SMARTS) is 1. The number of amides is 2. The van der Waals surface area contributed by atoms with E-state index in [0.717, 1.165) is 19.4 Å². The van der Waals surface area contributed by atoms with Gasteiger partial charge in [-0.3, -0.25) is 9.59 Å². The highest BCUT2D eigenvalue weighted by Crippen LogP contribution is 2.12. The lowest BCUT2D eigenvalue weighted by molar-refractivity contribution is -0.143. The second-order valence-electron chi connectivity index (χ2n) is 7.05. The van der Waals surface area contributed by atoms with E-state index in [1.54, 1.807) is 0 Å². The molecule has 0 radical (unpaired) electrons. The van der Waals surface area contributed by atoms with Crippen LogP contribution in [0.2, 0.25) is 0 Å². The molecule has 0 spiro atoms. The zero-order chi connectivity index (χ0) is 18.3. The molecule has 0 aliphatic carbocycles. The Morgan fingerprint density at radius 3 is 2.33 bits per heavy atom. The zero-order valence-electron chi connectivity index (χ0n) is 15.1. The van der Waals surface area contributed by atoms with Gasteiger partial charge in [0.25, 0.3) is 0 Å². The smallest absolute Gasteiger partial charge is 0.326 e. The van der Waals surface area contributed by atoms with Crippen LogP contribution in [0.25, 0.3) is 0 Å². The van der Waals surface area contributed by atoms with E-state index in [9.17, 15) is 19.5 Å². The van der Waals surface area contributed by atoms with Crippen molar-refractivity contribution in [2.24, 2.45) is 11.8 Å².